The van der Waals surface area contributed by atoms with Crippen LogP contribution in [0.3, 0.4) is 0 Å². The minimum Gasteiger partial charge on any atom is -0.372 e. The number of nitrogens with one attached hydrogen (secondary N) is 1. The van der Waals surface area contributed by atoms with Gasteiger partial charge in [0, 0.05) is 41.6 Å². The molecule has 0 spiro atoms. The van der Waals surface area contributed by atoms with E-state index in [-0.39, 0.29) is 9.92 Å². The second-order valence-electron chi connectivity index (χ2n) is 4.24. The molecule has 0 aliphatic heterocycles. The van der Waals surface area contributed by atoms with Gasteiger partial charge in [-0.3, -0.25) is 0 Å². The minimum absolute atomic E-state index is 0.0737. The summed E-state index contributed by atoms with van der Waals surface area (Å²) in [5.41, 5.74) is 0. The van der Waals surface area contributed by atoms with Crippen LogP contribution in [-0.2, 0) is 16.6 Å². The van der Waals surface area contributed by atoms with Crippen molar-refractivity contribution >= 4 is 54.7 Å². The molecule has 21 heavy (non-hydrogen) atoms. The van der Waals surface area contributed by atoms with E-state index >= 15 is 0 Å². The van der Waals surface area contributed by atoms with Crippen molar-refractivity contribution in [3.63, 3.8) is 0 Å². The van der Waals surface area contributed by atoms with Crippen LogP contribution in [0.25, 0.3) is 0 Å². The topological polar surface area (TPSA) is 62.3 Å². The number of sulfonamides is 1. The number of thiophene rings is 1. The molecule has 2 aromatic heterocycles. The summed E-state index contributed by atoms with van der Waals surface area (Å²) >= 11 is 10.8. The molecule has 0 aliphatic rings. The van der Waals surface area contributed by atoms with Crippen molar-refractivity contribution in [1.29, 1.82) is 0 Å². The summed E-state index contributed by atoms with van der Waals surface area (Å²) in [5, 5.41) is 4.97. The van der Waals surface area contributed by atoms with E-state index in [2.05, 4.69) is 26.2 Å². The predicted octanol–water partition coefficient (Wildman–Crippen LogP) is 3.42. The van der Waals surface area contributed by atoms with Gasteiger partial charge in [-0.1, -0.05) is 11.6 Å². The van der Waals surface area contributed by atoms with Crippen LogP contribution in [0.15, 0.2) is 33.1 Å². The lowest BCUT2D eigenvalue weighted by atomic mass is 10.4. The number of anilines is 1. The summed E-state index contributed by atoms with van der Waals surface area (Å²) in [5.74, 6) is 0.445. The molecule has 0 bridgehead atoms. The van der Waals surface area contributed by atoms with Gasteiger partial charge in [-0.15, -0.1) is 11.3 Å². The second kappa shape index (κ2) is 6.62. The van der Waals surface area contributed by atoms with E-state index < -0.39 is 10.0 Å². The summed E-state index contributed by atoms with van der Waals surface area (Å²) in [7, 11) is -0.425. The third kappa shape index (κ3) is 3.75. The Morgan fingerprint density at radius 2 is 2.19 bits per heavy atom. The lowest BCUT2D eigenvalue weighted by Gasteiger charge is -2.16. The number of nitrogens with zero attached hydrogens (tertiary/aromatic N) is 2. The fourth-order valence-electron chi connectivity index (χ4n) is 1.67. The van der Waals surface area contributed by atoms with Crippen LogP contribution in [0.5, 0.6) is 0 Å². The van der Waals surface area contributed by atoms with Gasteiger partial charge in [0.15, 0.2) is 0 Å². The maximum Gasteiger partial charge on any atom is 0.244 e. The molecule has 0 fully saturated rings. The number of hydrogen-bond acceptors (Lipinski definition) is 5. The Bertz CT molecular complexity index is 749. The highest BCUT2D eigenvalue weighted by Gasteiger charge is 2.23. The van der Waals surface area contributed by atoms with Crippen LogP contribution in [0, 0.1) is 0 Å². The van der Waals surface area contributed by atoms with Gasteiger partial charge in [-0.05, 0) is 28.1 Å². The largest absolute Gasteiger partial charge is 0.372 e. The molecular weight excluding hydrogens is 398 g/mol. The molecule has 0 saturated carbocycles. The van der Waals surface area contributed by atoms with E-state index in [1.807, 2.05) is 11.4 Å². The maximum atomic E-state index is 12.5. The van der Waals surface area contributed by atoms with E-state index in [9.17, 15) is 8.42 Å². The summed E-state index contributed by atoms with van der Waals surface area (Å²) in [4.78, 5) is 5.02. The predicted molar refractivity (Wildman–Crippen MR) is 89.5 cm³/mol. The van der Waals surface area contributed by atoms with Crippen LogP contribution in [-0.4, -0.2) is 31.8 Å². The highest BCUT2D eigenvalue weighted by Crippen LogP contribution is 2.26. The first-order valence-electron chi connectivity index (χ1n) is 5.87. The van der Waals surface area contributed by atoms with Crippen molar-refractivity contribution in [2.24, 2.45) is 0 Å². The smallest absolute Gasteiger partial charge is 0.244 e. The molecule has 1 N–H and O–H groups in total. The monoisotopic (exact) mass is 409 g/mol. The highest BCUT2D eigenvalue weighted by atomic mass is 79.9. The van der Waals surface area contributed by atoms with Crippen molar-refractivity contribution in [1.82, 2.24) is 9.29 Å². The van der Waals surface area contributed by atoms with E-state index in [1.165, 1.54) is 35.0 Å². The Kier molecular flexibility index (Phi) is 5.26. The Morgan fingerprint density at radius 1 is 1.48 bits per heavy atom. The molecule has 2 rings (SSSR count). The summed E-state index contributed by atoms with van der Waals surface area (Å²) in [6, 6.07) is 3.29. The van der Waals surface area contributed by atoms with E-state index in [1.54, 1.807) is 7.05 Å². The van der Waals surface area contributed by atoms with Gasteiger partial charge < -0.3 is 5.32 Å². The Morgan fingerprint density at radius 3 is 2.71 bits per heavy atom. The Hall–Kier alpha value is -0.670. The van der Waals surface area contributed by atoms with Crippen LogP contribution >= 0.6 is 38.9 Å². The maximum absolute atomic E-state index is 12.5. The molecular formula is C12H13BrClN3O2S2. The van der Waals surface area contributed by atoms with E-state index in [4.69, 9.17) is 11.6 Å². The van der Waals surface area contributed by atoms with Gasteiger partial charge in [0.25, 0.3) is 0 Å². The SMILES string of the molecule is CNc1ncc(S(=O)(=O)N(C)Cc2cc(Br)cs2)cc1Cl. The summed E-state index contributed by atoms with van der Waals surface area (Å²) in [6.07, 6.45) is 1.30. The highest BCUT2D eigenvalue weighted by molar-refractivity contribution is 9.10. The molecule has 0 amide bonds. The van der Waals surface area contributed by atoms with Gasteiger partial charge in [0.2, 0.25) is 10.0 Å². The average Bonchev–Trinajstić information content (AvgIpc) is 2.83. The number of hydrogen-bond donors (Lipinski definition) is 1. The quantitative estimate of drug-likeness (QED) is 0.820. The lowest BCUT2D eigenvalue weighted by Crippen LogP contribution is -2.26. The van der Waals surface area contributed by atoms with Crippen LogP contribution < -0.4 is 5.32 Å². The van der Waals surface area contributed by atoms with E-state index in [0.717, 1.165) is 9.35 Å². The second-order valence-corrected chi connectivity index (χ2v) is 8.61. The van der Waals surface area contributed by atoms with Gasteiger partial charge in [-0.2, -0.15) is 4.31 Å². The first-order chi connectivity index (χ1) is 9.84. The van der Waals surface area contributed by atoms with Crippen molar-refractivity contribution < 1.29 is 8.42 Å². The zero-order chi connectivity index (χ0) is 15.6. The normalized spacial score (nSPS) is 11.9. The van der Waals surface area contributed by atoms with Crippen LogP contribution in [0.2, 0.25) is 5.02 Å². The number of halogens is 2. The van der Waals surface area contributed by atoms with Crippen molar-refractivity contribution in [2.75, 3.05) is 19.4 Å². The third-order valence-corrected chi connectivity index (χ3v) is 6.50. The van der Waals surface area contributed by atoms with Gasteiger partial charge >= 0.3 is 0 Å². The summed E-state index contributed by atoms with van der Waals surface area (Å²) in [6.45, 7) is 0.296. The Labute approximate surface area is 141 Å². The fourth-order valence-corrected chi connectivity index (χ4v) is 4.70. The number of aromatic nitrogens is 1. The average molecular weight is 411 g/mol. The van der Waals surface area contributed by atoms with E-state index in [0.29, 0.717) is 12.4 Å². The first-order valence-corrected chi connectivity index (χ1v) is 9.36. The van der Waals surface area contributed by atoms with Crippen LogP contribution in [0.1, 0.15) is 4.88 Å². The van der Waals surface area contributed by atoms with Crippen LogP contribution in [0.4, 0.5) is 5.82 Å². The zero-order valence-corrected chi connectivity index (χ0v) is 15.3. The van der Waals surface area contributed by atoms with Crippen molar-refractivity contribution in [2.45, 2.75) is 11.4 Å². The molecule has 0 radical (unpaired) electrons. The minimum atomic E-state index is -3.63. The Balaban J connectivity index is 2.26. The first kappa shape index (κ1) is 16.7. The number of rotatable bonds is 5. The molecule has 0 aromatic carbocycles. The molecule has 0 aliphatic carbocycles. The molecule has 9 heteroatoms. The zero-order valence-electron chi connectivity index (χ0n) is 11.3. The molecule has 0 saturated heterocycles. The molecule has 114 valence electrons. The molecule has 0 atom stereocenters. The lowest BCUT2D eigenvalue weighted by molar-refractivity contribution is 0.469. The van der Waals surface area contributed by atoms with Crippen molar-refractivity contribution in [3.8, 4) is 0 Å². The van der Waals surface area contributed by atoms with Gasteiger partial charge in [0.05, 0.1) is 5.02 Å². The van der Waals surface area contributed by atoms with Gasteiger partial charge in [-0.25, -0.2) is 13.4 Å². The standard InChI is InChI=1S/C12H13BrClN3O2S2/c1-15-12-11(14)4-10(5-16-12)21(18,19)17(2)6-9-3-8(13)7-20-9/h3-5,7H,6H2,1-2H3,(H,15,16). The van der Waals surface area contributed by atoms with Gasteiger partial charge in [0.1, 0.15) is 10.7 Å². The molecule has 5 nitrogen and oxygen atoms in total. The number of pyridine rings is 1. The fraction of sp³-hybridized carbons (Fsp3) is 0.250. The molecule has 2 heterocycles. The third-order valence-electron chi connectivity index (χ3n) is 2.76. The molecule has 2 aromatic rings. The molecule has 0 unspecified atom stereocenters. The van der Waals surface area contributed by atoms with Crippen molar-refractivity contribution in [3.05, 3.63) is 38.1 Å². The summed E-state index contributed by atoms with van der Waals surface area (Å²) < 4.78 is 27.2.